The highest BCUT2D eigenvalue weighted by molar-refractivity contribution is 5.75. The van der Waals surface area contributed by atoms with Crippen LogP contribution >= 0.6 is 0 Å². The third-order valence-corrected chi connectivity index (χ3v) is 3.52. The van der Waals surface area contributed by atoms with Crippen LogP contribution in [-0.2, 0) is 11.3 Å². The number of carbonyl (C=O) groups excluding carboxylic acids is 2. The predicted molar refractivity (Wildman–Crippen MR) is 78.7 cm³/mol. The molecule has 0 bridgehead atoms. The fraction of sp³-hybridized carbons (Fsp3) is 0.643. The summed E-state index contributed by atoms with van der Waals surface area (Å²) in [6.45, 7) is 4.27. The number of hydrogen-bond acceptors (Lipinski definition) is 3. The normalized spacial score (nSPS) is 18.3. The SMILES string of the molecule is CC(=O)N[C@@H]1CCCN(C(=O)NCCCn2cccn2)C1. The van der Waals surface area contributed by atoms with Gasteiger partial charge in [0.1, 0.15) is 0 Å². The molecule has 21 heavy (non-hydrogen) atoms. The molecule has 116 valence electrons. The van der Waals surface area contributed by atoms with Gasteiger partial charge in [-0.3, -0.25) is 9.48 Å². The highest BCUT2D eigenvalue weighted by Crippen LogP contribution is 2.10. The van der Waals surface area contributed by atoms with Gasteiger partial charge in [-0.25, -0.2) is 4.79 Å². The van der Waals surface area contributed by atoms with E-state index in [2.05, 4.69) is 15.7 Å². The summed E-state index contributed by atoms with van der Waals surface area (Å²) in [6.07, 6.45) is 6.35. The Morgan fingerprint density at radius 2 is 2.29 bits per heavy atom. The predicted octanol–water partition coefficient (Wildman–Crippen LogP) is 0.583. The van der Waals surface area contributed by atoms with Crippen molar-refractivity contribution < 1.29 is 9.59 Å². The van der Waals surface area contributed by atoms with Crippen LogP contribution in [0.4, 0.5) is 4.79 Å². The number of aromatic nitrogens is 2. The maximum Gasteiger partial charge on any atom is 0.317 e. The van der Waals surface area contributed by atoms with E-state index in [-0.39, 0.29) is 18.0 Å². The molecule has 1 saturated heterocycles. The van der Waals surface area contributed by atoms with E-state index in [4.69, 9.17) is 0 Å². The van der Waals surface area contributed by atoms with E-state index in [1.165, 1.54) is 6.92 Å². The number of piperidine rings is 1. The van der Waals surface area contributed by atoms with Crippen LogP contribution < -0.4 is 10.6 Å². The van der Waals surface area contributed by atoms with Gasteiger partial charge in [0.25, 0.3) is 0 Å². The summed E-state index contributed by atoms with van der Waals surface area (Å²) >= 11 is 0. The molecule has 2 N–H and O–H groups in total. The number of rotatable bonds is 5. The van der Waals surface area contributed by atoms with Crippen molar-refractivity contribution in [2.45, 2.75) is 38.8 Å². The Morgan fingerprint density at radius 1 is 1.43 bits per heavy atom. The standard InChI is InChI=1S/C14H23N5O2/c1-12(20)17-13-5-2-8-18(11-13)14(21)15-6-3-9-19-10-4-7-16-19/h4,7,10,13H,2-3,5-6,8-9,11H2,1H3,(H,15,21)(H,17,20)/t13-/m1/s1. The van der Waals surface area contributed by atoms with Gasteiger partial charge in [0.2, 0.25) is 5.91 Å². The quantitative estimate of drug-likeness (QED) is 0.780. The first kappa shape index (κ1) is 15.3. The minimum absolute atomic E-state index is 0.0403. The summed E-state index contributed by atoms with van der Waals surface area (Å²) in [5, 5.41) is 9.92. The Morgan fingerprint density at radius 3 is 3.00 bits per heavy atom. The summed E-state index contributed by atoms with van der Waals surface area (Å²) in [4.78, 5) is 24.9. The Labute approximate surface area is 124 Å². The van der Waals surface area contributed by atoms with Crippen molar-refractivity contribution in [1.29, 1.82) is 0 Å². The van der Waals surface area contributed by atoms with Gasteiger partial charge < -0.3 is 15.5 Å². The molecule has 0 aromatic carbocycles. The lowest BCUT2D eigenvalue weighted by Crippen LogP contribution is -2.52. The first-order valence-electron chi connectivity index (χ1n) is 7.42. The molecule has 0 spiro atoms. The molecule has 7 heteroatoms. The zero-order valence-electron chi connectivity index (χ0n) is 12.4. The van der Waals surface area contributed by atoms with Crippen LogP contribution in [0.1, 0.15) is 26.2 Å². The highest BCUT2D eigenvalue weighted by Gasteiger charge is 2.23. The van der Waals surface area contributed by atoms with Crippen LogP contribution in [0, 0.1) is 0 Å². The van der Waals surface area contributed by atoms with Crippen molar-refractivity contribution in [2.75, 3.05) is 19.6 Å². The van der Waals surface area contributed by atoms with E-state index in [1.54, 1.807) is 11.1 Å². The number of aryl methyl sites for hydroxylation is 1. The lowest BCUT2D eigenvalue weighted by Gasteiger charge is -2.33. The lowest BCUT2D eigenvalue weighted by atomic mass is 10.1. The first-order valence-corrected chi connectivity index (χ1v) is 7.42. The van der Waals surface area contributed by atoms with E-state index in [9.17, 15) is 9.59 Å². The molecular formula is C14H23N5O2. The molecule has 0 radical (unpaired) electrons. The Bertz CT molecular complexity index is 460. The summed E-state index contributed by atoms with van der Waals surface area (Å²) in [6, 6.07) is 1.91. The van der Waals surface area contributed by atoms with E-state index in [1.807, 2.05) is 16.9 Å². The van der Waals surface area contributed by atoms with Gasteiger partial charge in [-0.1, -0.05) is 0 Å². The fourth-order valence-corrected chi connectivity index (χ4v) is 2.55. The second kappa shape index (κ2) is 7.66. The van der Waals surface area contributed by atoms with Crippen LogP contribution in [0.15, 0.2) is 18.5 Å². The molecule has 2 heterocycles. The fourth-order valence-electron chi connectivity index (χ4n) is 2.55. The third kappa shape index (κ3) is 5.09. The monoisotopic (exact) mass is 293 g/mol. The van der Waals surface area contributed by atoms with E-state index in [0.29, 0.717) is 13.1 Å². The van der Waals surface area contributed by atoms with Gasteiger partial charge in [0, 0.05) is 51.5 Å². The van der Waals surface area contributed by atoms with Crippen LogP contribution in [0.3, 0.4) is 0 Å². The third-order valence-electron chi connectivity index (χ3n) is 3.52. The molecule has 1 atom stereocenters. The topological polar surface area (TPSA) is 79.3 Å². The Hall–Kier alpha value is -2.05. The van der Waals surface area contributed by atoms with E-state index in [0.717, 1.165) is 32.4 Å². The number of likely N-dealkylation sites (tertiary alicyclic amines) is 1. The van der Waals surface area contributed by atoms with Gasteiger partial charge in [0.15, 0.2) is 0 Å². The summed E-state index contributed by atoms with van der Waals surface area (Å²) in [5.41, 5.74) is 0. The first-order chi connectivity index (χ1) is 10.1. The summed E-state index contributed by atoms with van der Waals surface area (Å²) in [5.74, 6) is -0.0403. The zero-order valence-corrected chi connectivity index (χ0v) is 12.4. The van der Waals surface area contributed by atoms with Gasteiger partial charge in [-0.2, -0.15) is 5.10 Å². The minimum Gasteiger partial charge on any atom is -0.352 e. The van der Waals surface area contributed by atoms with Gasteiger partial charge >= 0.3 is 6.03 Å². The second-order valence-electron chi connectivity index (χ2n) is 5.34. The molecule has 1 aliphatic rings. The average molecular weight is 293 g/mol. The van der Waals surface area contributed by atoms with Crippen molar-refractivity contribution in [2.24, 2.45) is 0 Å². The molecule has 1 aliphatic heterocycles. The van der Waals surface area contributed by atoms with E-state index < -0.39 is 0 Å². The maximum atomic E-state index is 12.1. The van der Waals surface area contributed by atoms with Crippen molar-refractivity contribution in [3.05, 3.63) is 18.5 Å². The number of urea groups is 1. The van der Waals surface area contributed by atoms with Gasteiger partial charge in [-0.05, 0) is 25.3 Å². The van der Waals surface area contributed by atoms with Crippen LogP contribution in [0.2, 0.25) is 0 Å². The number of amides is 3. The largest absolute Gasteiger partial charge is 0.352 e. The van der Waals surface area contributed by atoms with Crippen molar-refractivity contribution in [1.82, 2.24) is 25.3 Å². The number of hydrogen-bond donors (Lipinski definition) is 2. The second-order valence-corrected chi connectivity index (χ2v) is 5.34. The average Bonchev–Trinajstić information content (AvgIpc) is 2.96. The number of nitrogens with zero attached hydrogens (tertiary/aromatic N) is 3. The van der Waals surface area contributed by atoms with Crippen LogP contribution in [-0.4, -0.2) is 52.3 Å². The molecule has 7 nitrogen and oxygen atoms in total. The molecule has 0 saturated carbocycles. The van der Waals surface area contributed by atoms with Crippen LogP contribution in [0.25, 0.3) is 0 Å². The maximum absolute atomic E-state index is 12.1. The lowest BCUT2D eigenvalue weighted by molar-refractivity contribution is -0.119. The van der Waals surface area contributed by atoms with Gasteiger partial charge in [-0.15, -0.1) is 0 Å². The van der Waals surface area contributed by atoms with Gasteiger partial charge in [0.05, 0.1) is 0 Å². The molecule has 0 aliphatic carbocycles. The van der Waals surface area contributed by atoms with Crippen LogP contribution in [0.5, 0.6) is 0 Å². The number of carbonyl (C=O) groups is 2. The Balaban J connectivity index is 1.66. The molecule has 3 amide bonds. The van der Waals surface area contributed by atoms with Crippen molar-refractivity contribution in [3.63, 3.8) is 0 Å². The summed E-state index contributed by atoms with van der Waals surface area (Å²) in [7, 11) is 0. The molecule has 1 aromatic heterocycles. The molecule has 1 aromatic rings. The van der Waals surface area contributed by atoms with Crippen molar-refractivity contribution >= 4 is 11.9 Å². The molecule has 2 rings (SSSR count). The Kier molecular flexibility index (Phi) is 5.59. The number of nitrogens with one attached hydrogen (secondary N) is 2. The zero-order chi connectivity index (χ0) is 15.1. The minimum atomic E-state index is -0.0504. The summed E-state index contributed by atoms with van der Waals surface area (Å²) < 4.78 is 1.85. The smallest absolute Gasteiger partial charge is 0.317 e. The molecule has 1 fully saturated rings. The molecular weight excluding hydrogens is 270 g/mol. The van der Waals surface area contributed by atoms with E-state index >= 15 is 0 Å². The molecule has 0 unspecified atom stereocenters. The van der Waals surface area contributed by atoms with Crippen molar-refractivity contribution in [3.8, 4) is 0 Å². The highest BCUT2D eigenvalue weighted by atomic mass is 16.2.